The van der Waals surface area contributed by atoms with Crippen LogP contribution in [-0.2, 0) is 0 Å². The van der Waals surface area contributed by atoms with Gasteiger partial charge in [-0.3, -0.25) is 9.69 Å². The molecule has 0 amide bonds. The fourth-order valence-corrected chi connectivity index (χ4v) is 2.73. The van der Waals surface area contributed by atoms with Gasteiger partial charge in [-0.05, 0) is 37.4 Å². The molecule has 3 heteroatoms. The normalized spacial score (nSPS) is 19.3. The van der Waals surface area contributed by atoms with Gasteiger partial charge in [-0.1, -0.05) is 25.5 Å². The van der Waals surface area contributed by atoms with Gasteiger partial charge in [0.2, 0.25) is 0 Å². The number of benzene rings is 1. The van der Waals surface area contributed by atoms with Crippen molar-refractivity contribution in [2.24, 2.45) is 5.92 Å². The lowest BCUT2D eigenvalue weighted by atomic mass is 10.0. The van der Waals surface area contributed by atoms with E-state index in [9.17, 15) is 4.79 Å². The Balaban J connectivity index is 1.89. The van der Waals surface area contributed by atoms with E-state index in [2.05, 4.69) is 17.9 Å². The predicted octanol–water partition coefficient (Wildman–Crippen LogP) is 2.86. The van der Waals surface area contributed by atoms with Gasteiger partial charge >= 0.3 is 0 Å². The van der Waals surface area contributed by atoms with Gasteiger partial charge < -0.3 is 0 Å². The van der Waals surface area contributed by atoms with Crippen molar-refractivity contribution in [3.8, 4) is 6.07 Å². The van der Waals surface area contributed by atoms with Crippen molar-refractivity contribution in [3.05, 3.63) is 35.4 Å². The van der Waals surface area contributed by atoms with Crippen molar-refractivity contribution < 1.29 is 4.79 Å². The number of nitrogens with zero attached hydrogens (tertiary/aromatic N) is 2. The lowest BCUT2D eigenvalue weighted by molar-refractivity contribution is 0.0943. The molecule has 0 N–H and O–H groups in total. The van der Waals surface area contributed by atoms with Crippen molar-refractivity contribution in [1.82, 2.24) is 4.90 Å². The van der Waals surface area contributed by atoms with Gasteiger partial charge in [0.15, 0.2) is 5.78 Å². The van der Waals surface area contributed by atoms with E-state index in [1.54, 1.807) is 24.3 Å². The Labute approximate surface area is 114 Å². The fourth-order valence-electron chi connectivity index (χ4n) is 2.73. The highest BCUT2D eigenvalue weighted by molar-refractivity contribution is 5.97. The molecule has 0 radical (unpaired) electrons. The van der Waals surface area contributed by atoms with Crippen molar-refractivity contribution in [1.29, 1.82) is 5.26 Å². The second-order valence-corrected chi connectivity index (χ2v) is 5.29. The van der Waals surface area contributed by atoms with Gasteiger partial charge in [0.05, 0.1) is 18.2 Å². The summed E-state index contributed by atoms with van der Waals surface area (Å²) in [4.78, 5) is 14.4. The molecule has 2 rings (SSSR count). The third kappa shape index (κ3) is 3.65. The molecule has 1 atom stereocenters. The van der Waals surface area contributed by atoms with Gasteiger partial charge in [0.25, 0.3) is 0 Å². The molecule has 0 aliphatic carbocycles. The Bertz CT molecular complexity index is 473. The molecular weight excluding hydrogens is 236 g/mol. The van der Waals surface area contributed by atoms with E-state index in [1.807, 2.05) is 0 Å². The topological polar surface area (TPSA) is 44.1 Å². The Morgan fingerprint density at radius 3 is 2.79 bits per heavy atom. The molecule has 1 aliphatic rings. The van der Waals surface area contributed by atoms with E-state index in [0.717, 1.165) is 19.0 Å². The van der Waals surface area contributed by atoms with Crippen LogP contribution in [0, 0.1) is 17.2 Å². The lowest BCUT2D eigenvalue weighted by Gasteiger charge is -2.14. The van der Waals surface area contributed by atoms with E-state index in [-0.39, 0.29) is 5.78 Å². The highest BCUT2D eigenvalue weighted by Gasteiger charge is 2.23. The second kappa shape index (κ2) is 6.49. The largest absolute Gasteiger partial charge is 0.296 e. The third-order valence-electron chi connectivity index (χ3n) is 3.77. The van der Waals surface area contributed by atoms with Gasteiger partial charge in [0.1, 0.15) is 0 Å². The molecule has 0 aromatic heterocycles. The highest BCUT2D eigenvalue weighted by atomic mass is 16.1. The van der Waals surface area contributed by atoms with Crippen LogP contribution in [0.25, 0.3) is 0 Å². The number of likely N-dealkylation sites (tertiary alicyclic amines) is 1. The molecule has 0 saturated carbocycles. The first-order chi connectivity index (χ1) is 9.22. The first-order valence-corrected chi connectivity index (χ1v) is 6.98. The van der Waals surface area contributed by atoms with Crippen LogP contribution in [0.4, 0.5) is 0 Å². The molecule has 1 saturated heterocycles. The van der Waals surface area contributed by atoms with Crippen LogP contribution in [-0.4, -0.2) is 30.3 Å². The molecule has 1 aromatic rings. The zero-order valence-electron chi connectivity index (χ0n) is 11.4. The minimum Gasteiger partial charge on any atom is -0.296 e. The smallest absolute Gasteiger partial charge is 0.176 e. The van der Waals surface area contributed by atoms with Crippen molar-refractivity contribution in [2.75, 3.05) is 19.6 Å². The van der Waals surface area contributed by atoms with Crippen LogP contribution in [0.15, 0.2) is 24.3 Å². The maximum Gasteiger partial charge on any atom is 0.176 e. The zero-order valence-corrected chi connectivity index (χ0v) is 11.4. The van der Waals surface area contributed by atoms with Crippen molar-refractivity contribution >= 4 is 5.78 Å². The molecule has 1 aromatic carbocycles. The molecule has 3 nitrogen and oxygen atoms in total. The molecular formula is C16H20N2O. The van der Waals surface area contributed by atoms with E-state index in [4.69, 9.17) is 5.26 Å². The maximum atomic E-state index is 12.1. The number of ketones is 1. The average molecular weight is 256 g/mol. The molecule has 100 valence electrons. The summed E-state index contributed by atoms with van der Waals surface area (Å²) in [6.45, 7) is 4.80. The number of nitriles is 1. The molecule has 1 fully saturated rings. The quantitative estimate of drug-likeness (QED) is 0.761. The van der Waals surface area contributed by atoms with E-state index < -0.39 is 0 Å². The number of Topliss-reactive ketones (excluding diaryl/α,β-unsaturated/α-hetero) is 1. The first kappa shape index (κ1) is 13.8. The number of rotatable bonds is 5. The van der Waals surface area contributed by atoms with E-state index in [0.29, 0.717) is 17.7 Å². The van der Waals surface area contributed by atoms with Crippen LogP contribution in [0.3, 0.4) is 0 Å². The monoisotopic (exact) mass is 256 g/mol. The van der Waals surface area contributed by atoms with Crippen molar-refractivity contribution in [2.45, 2.75) is 26.2 Å². The summed E-state index contributed by atoms with van der Waals surface area (Å²) in [7, 11) is 0. The highest BCUT2D eigenvalue weighted by Crippen LogP contribution is 2.21. The van der Waals surface area contributed by atoms with Crippen LogP contribution in [0.2, 0.25) is 0 Å². The van der Waals surface area contributed by atoms with Gasteiger partial charge in [-0.15, -0.1) is 0 Å². The summed E-state index contributed by atoms with van der Waals surface area (Å²) in [6, 6.07) is 8.98. The van der Waals surface area contributed by atoms with E-state index in [1.165, 1.54) is 19.3 Å². The van der Waals surface area contributed by atoms with Crippen LogP contribution in [0.1, 0.15) is 42.1 Å². The molecule has 1 aliphatic heterocycles. The summed E-state index contributed by atoms with van der Waals surface area (Å²) >= 11 is 0. The number of carbonyl (C=O) groups excluding carboxylic acids is 1. The summed E-state index contributed by atoms with van der Waals surface area (Å²) in [5.41, 5.74) is 1.30. The maximum absolute atomic E-state index is 12.1. The Kier molecular flexibility index (Phi) is 4.70. The van der Waals surface area contributed by atoms with Crippen LogP contribution >= 0.6 is 0 Å². The van der Waals surface area contributed by atoms with Crippen LogP contribution < -0.4 is 0 Å². The minimum absolute atomic E-state index is 0.154. The molecule has 1 unspecified atom stereocenters. The SMILES string of the molecule is CCCC1CCN(CC(=O)c2ccc(C#N)cc2)C1. The Morgan fingerprint density at radius 1 is 1.42 bits per heavy atom. The Hall–Kier alpha value is -1.66. The zero-order chi connectivity index (χ0) is 13.7. The number of carbonyl (C=O) groups is 1. The molecule has 0 bridgehead atoms. The fraction of sp³-hybridized carbons (Fsp3) is 0.500. The molecule has 1 heterocycles. The van der Waals surface area contributed by atoms with Gasteiger partial charge in [0, 0.05) is 12.1 Å². The summed E-state index contributed by atoms with van der Waals surface area (Å²) in [5.74, 6) is 0.917. The van der Waals surface area contributed by atoms with Gasteiger partial charge in [-0.2, -0.15) is 5.26 Å². The molecule has 19 heavy (non-hydrogen) atoms. The third-order valence-corrected chi connectivity index (χ3v) is 3.77. The predicted molar refractivity (Wildman–Crippen MR) is 74.9 cm³/mol. The second-order valence-electron chi connectivity index (χ2n) is 5.29. The summed E-state index contributed by atoms with van der Waals surface area (Å²) in [5, 5.41) is 8.73. The van der Waals surface area contributed by atoms with Crippen molar-refractivity contribution in [3.63, 3.8) is 0 Å². The summed E-state index contributed by atoms with van der Waals surface area (Å²) in [6.07, 6.45) is 3.71. The lowest BCUT2D eigenvalue weighted by Crippen LogP contribution is -2.27. The standard InChI is InChI=1S/C16H20N2O/c1-2-3-14-8-9-18(11-14)12-16(19)15-6-4-13(10-17)5-7-15/h4-7,14H,2-3,8-9,11-12H2,1H3. The van der Waals surface area contributed by atoms with Crippen LogP contribution in [0.5, 0.6) is 0 Å². The first-order valence-electron chi connectivity index (χ1n) is 6.98. The number of hydrogen-bond donors (Lipinski definition) is 0. The average Bonchev–Trinajstić information content (AvgIpc) is 2.86. The Morgan fingerprint density at radius 2 is 2.16 bits per heavy atom. The number of hydrogen-bond acceptors (Lipinski definition) is 3. The molecule has 0 spiro atoms. The summed E-state index contributed by atoms with van der Waals surface area (Å²) < 4.78 is 0. The van der Waals surface area contributed by atoms with Gasteiger partial charge in [-0.25, -0.2) is 0 Å². The van der Waals surface area contributed by atoms with E-state index >= 15 is 0 Å². The minimum atomic E-state index is 0.154.